The van der Waals surface area contributed by atoms with E-state index >= 15 is 0 Å². The van der Waals surface area contributed by atoms with Crippen molar-refractivity contribution < 1.29 is 14.4 Å². The predicted molar refractivity (Wildman–Crippen MR) is 78.9 cm³/mol. The van der Waals surface area contributed by atoms with Crippen LogP contribution in [0.3, 0.4) is 0 Å². The van der Waals surface area contributed by atoms with Crippen LogP contribution in [0, 0.1) is 0 Å². The summed E-state index contributed by atoms with van der Waals surface area (Å²) >= 11 is 0. The van der Waals surface area contributed by atoms with Gasteiger partial charge in [-0.05, 0) is 25.0 Å². The Kier molecular flexibility index (Phi) is 4.92. The van der Waals surface area contributed by atoms with Crippen molar-refractivity contribution in [1.29, 1.82) is 0 Å². The van der Waals surface area contributed by atoms with Gasteiger partial charge >= 0.3 is 0 Å². The average molecular weight is 289 g/mol. The zero-order chi connectivity index (χ0) is 15.2. The minimum Gasteiger partial charge on any atom is -0.356 e. The Labute approximate surface area is 123 Å². The highest BCUT2D eigenvalue weighted by molar-refractivity contribution is 6.09. The number of hydrogen-bond donors (Lipinski definition) is 3. The first-order valence-electron chi connectivity index (χ1n) is 7.09. The molecule has 21 heavy (non-hydrogen) atoms. The number of carbonyl (C=O) groups excluding carboxylic acids is 3. The van der Waals surface area contributed by atoms with Crippen molar-refractivity contribution in [3.63, 3.8) is 0 Å². The number of carbonyl (C=O) groups is 3. The first-order valence-corrected chi connectivity index (χ1v) is 7.09. The summed E-state index contributed by atoms with van der Waals surface area (Å²) in [5.74, 6) is -0.708. The molecule has 6 nitrogen and oxygen atoms in total. The molecule has 3 N–H and O–H groups in total. The van der Waals surface area contributed by atoms with E-state index in [0.717, 1.165) is 6.42 Å². The van der Waals surface area contributed by atoms with E-state index in [-0.39, 0.29) is 30.6 Å². The third kappa shape index (κ3) is 3.81. The molecule has 1 heterocycles. The molecule has 0 radical (unpaired) electrons. The number of fused-ring (bicyclic) bond motifs is 1. The lowest BCUT2D eigenvalue weighted by atomic mass is 10.1. The van der Waals surface area contributed by atoms with Gasteiger partial charge in [-0.1, -0.05) is 19.1 Å². The maximum Gasteiger partial charge on any atom is 0.254 e. The molecule has 2 rings (SSSR count). The van der Waals surface area contributed by atoms with Crippen LogP contribution in [-0.4, -0.2) is 30.3 Å². The average Bonchev–Trinajstić information content (AvgIpc) is 2.60. The fraction of sp³-hybridized carbons (Fsp3) is 0.400. The molecular weight excluding hydrogens is 270 g/mol. The number of para-hydroxylation sites is 1. The van der Waals surface area contributed by atoms with Crippen LogP contribution in [0.2, 0.25) is 0 Å². The molecule has 0 fully saturated rings. The normalized spacial score (nSPS) is 17.3. The molecule has 1 aliphatic heterocycles. The first kappa shape index (κ1) is 15.0. The number of rotatable bonds is 5. The van der Waals surface area contributed by atoms with Gasteiger partial charge in [0.1, 0.15) is 6.04 Å². The molecule has 6 heteroatoms. The second kappa shape index (κ2) is 6.88. The van der Waals surface area contributed by atoms with Gasteiger partial charge in [-0.3, -0.25) is 14.4 Å². The molecule has 1 aromatic carbocycles. The monoisotopic (exact) mass is 289 g/mol. The zero-order valence-electron chi connectivity index (χ0n) is 11.9. The maximum atomic E-state index is 12.1. The van der Waals surface area contributed by atoms with Gasteiger partial charge in [-0.25, -0.2) is 0 Å². The van der Waals surface area contributed by atoms with Crippen LogP contribution in [0.25, 0.3) is 0 Å². The highest BCUT2D eigenvalue weighted by Crippen LogP contribution is 2.19. The van der Waals surface area contributed by atoms with E-state index in [4.69, 9.17) is 0 Å². The van der Waals surface area contributed by atoms with Gasteiger partial charge in [0.25, 0.3) is 5.91 Å². The number of amides is 3. The SMILES string of the molecule is CCCNC(=O)CC[C@@H]1NC(=O)c2ccccc2NC1=O. The third-order valence-corrected chi connectivity index (χ3v) is 3.28. The Balaban J connectivity index is 1.99. The number of anilines is 1. The molecule has 1 aromatic rings. The molecule has 1 aliphatic rings. The predicted octanol–water partition coefficient (Wildman–Crippen LogP) is 1.04. The molecule has 0 spiro atoms. The lowest BCUT2D eigenvalue weighted by Crippen LogP contribution is -2.42. The van der Waals surface area contributed by atoms with Crippen LogP contribution in [0.5, 0.6) is 0 Å². The molecule has 1 atom stereocenters. The highest BCUT2D eigenvalue weighted by Gasteiger charge is 2.27. The number of hydrogen-bond acceptors (Lipinski definition) is 3. The van der Waals surface area contributed by atoms with E-state index in [1.807, 2.05) is 6.92 Å². The van der Waals surface area contributed by atoms with Gasteiger partial charge in [-0.15, -0.1) is 0 Å². The van der Waals surface area contributed by atoms with Crippen LogP contribution in [0.1, 0.15) is 36.5 Å². The molecule has 0 aliphatic carbocycles. The van der Waals surface area contributed by atoms with Crippen LogP contribution in [0.4, 0.5) is 5.69 Å². The second-order valence-corrected chi connectivity index (χ2v) is 4.95. The van der Waals surface area contributed by atoms with E-state index < -0.39 is 6.04 Å². The first-order chi connectivity index (χ1) is 10.1. The zero-order valence-corrected chi connectivity index (χ0v) is 11.9. The minimum atomic E-state index is -0.697. The van der Waals surface area contributed by atoms with Crippen molar-refractivity contribution in [1.82, 2.24) is 10.6 Å². The van der Waals surface area contributed by atoms with Crippen molar-refractivity contribution >= 4 is 23.4 Å². The summed E-state index contributed by atoms with van der Waals surface area (Å²) in [6.45, 7) is 2.59. The largest absolute Gasteiger partial charge is 0.356 e. The lowest BCUT2D eigenvalue weighted by Gasteiger charge is -2.14. The summed E-state index contributed by atoms with van der Waals surface area (Å²) in [5, 5.41) is 8.13. The van der Waals surface area contributed by atoms with E-state index in [1.54, 1.807) is 24.3 Å². The standard InChI is InChI=1S/C15H19N3O3/c1-2-9-16-13(19)8-7-12-15(21)17-11-6-4-3-5-10(11)14(20)18-12/h3-6,12H,2,7-9H2,1H3,(H,16,19)(H,17,21)(H,18,20)/t12-/m0/s1. The fourth-order valence-corrected chi connectivity index (χ4v) is 2.14. The molecular formula is C15H19N3O3. The Morgan fingerprint density at radius 3 is 2.81 bits per heavy atom. The minimum absolute atomic E-state index is 0.110. The van der Waals surface area contributed by atoms with Gasteiger partial charge in [0.2, 0.25) is 11.8 Å². The van der Waals surface area contributed by atoms with E-state index in [9.17, 15) is 14.4 Å². The highest BCUT2D eigenvalue weighted by atomic mass is 16.2. The van der Waals surface area contributed by atoms with E-state index in [2.05, 4.69) is 16.0 Å². The Morgan fingerprint density at radius 1 is 1.29 bits per heavy atom. The molecule has 0 bridgehead atoms. The Hall–Kier alpha value is -2.37. The maximum absolute atomic E-state index is 12.1. The second-order valence-electron chi connectivity index (χ2n) is 4.95. The smallest absolute Gasteiger partial charge is 0.254 e. The summed E-state index contributed by atoms with van der Waals surface area (Å²) in [4.78, 5) is 35.7. The van der Waals surface area contributed by atoms with Gasteiger partial charge < -0.3 is 16.0 Å². The van der Waals surface area contributed by atoms with Crippen molar-refractivity contribution in [2.45, 2.75) is 32.2 Å². The molecule has 112 valence electrons. The van der Waals surface area contributed by atoms with Crippen molar-refractivity contribution in [2.24, 2.45) is 0 Å². The summed E-state index contributed by atoms with van der Waals surface area (Å²) < 4.78 is 0. The van der Waals surface area contributed by atoms with E-state index in [0.29, 0.717) is 17.8 Å². The Morgan fingerprint density at radius 2 is 2.05 bits per heavy atom. The Bertz CT molecular complexity index is 557. The number of benzene rings is 1. The van der Waals surface area contributed by atoms with Gasteiger partial charge in [0.05, 0.1) is 11.3 Å². The summed E-state index contributed by atoms with van der Waals surface area (Å²) in [7, 11) is 0. The van der Waals surface area contributed by atoms with Crippen molar-refractivity contribution in [3.8, 4) is 0 Å². The summed E-state index contributed by atoms with van der Waals surface area (Å²) in [6, 6.07) is 6.13. The topological polar surface area (TPSA) is 87.3 Å². The van der Waals surface area contributed by atoms with Gasteiger partial charge in [0, 0.05) is 13.0 Å². The third-order valence-electron chi connectivity index (χ3n) is 3.28. The summed E-state index contributed by atoms with van der Waals surface area (Å²) in [5.41, 5.74) is 0.932. The quantitative estimate of drug-likeness (QED) is 0.757. The van der Waals surface area contributed by atoms with Crippen LogP contribution in [-0.2, 0) is 9.59 Å². The lowest BCUT2D eigenvalue weighted by molar-refractivity contribution is -0.121. The number of nitrogens with one attached hydrogen (secondary N) is 3. The molecule has 0 saturated heterocycles. The molecule has 3 amide bonds. The van der Waals surface area contributed by atoms with Crippen molar-refractivity contribution in [2.75, 3.05) is 11.9 Å². The summed E-state index contributed by atoms with van der Waals surface area (Å²) in [6.07, 6.45) is 1.34. The van der Waals surface area contributed by atoms with Gasteiger partial charge in [0.15, 0.2) is 0 Å². The van der Waals surface area contributed by atoms with Crippen LogP contribution < -0.4 is 16.0 Å². The molecule has 0 aromatic heterocycles. The van der Waals surface area contributed by atoms with Crippen LogP contribution >= 0.6 is 0 Å². The van der Waals surface area contributed by atoms with E-state index in [1.165, 1.54) is 0 Å². The van der Waals surface area contributed by atoms with Crippen LogP contribution in [0.15, 0.2) is 24.3 Å². The molecule has 0 unspecified atom stereocenters. The molecule has 0 saturated carbocycles. The fourth-order valence-electron chi connectivity index (χ4n) is 2.14. The van der Waals surface area contributed by atoms with Gasteiger partial charge in [-0.2, -0.15) is 0 Å². The van der Waals surface area contributed by atoms with Crippen molar-refractivity contribution in [3.05, 3.63) is 29.8 Å².